The number of hydrogen-bond donors (Lipinski definition) is 0. The van der Waals surface area contributed by atoms with Crippen LogP contribution in [0.1, 0.15) is 25.7 Å². The van der Waals surface area contributed by atoms with Gasteiger partial charge in [0.15, 0.2) is 0 Å². The molecule has 0 N–H and O–H groups in total. The Morgan fingerprint density at radius 1 is 1.14 bits per heavy atom. The molecule has 0 aliphatic carbocycles. The van der Waals surface area contributed by atoms with Gasteiger partial charge in [0.25, 0.3) is 5.69 Å². The van der Waals surface area contributed by atoms with Crippen LogP contribution in [0.25, 0.3) is 0 Å². The average Bonchev–Trinajstić information content (AvgIpc) is 2.46. The number of non-ortho nitro benzene ring substituents is 1. The number of sulfonamides is 1. The predicted octanol–water partition coefficient (Wildman–Crippen LogP) is 3.17. The Bertz CT molecular complexity index is 560. The lowest BCUT2D eigenvalue weighted by Gasteiger charge is -2.17. The Morgan fingerprint density at radius 3 is 2.24 bits per heavy atom. The lowest BCUT2D eigenvalue weighted by Crippen LogP contribution is -2.28. The van der Waals surface area contributed by atoms with Gasteiger partial charge < -0.3 is 0 Å². The fourth-order valence-corrected chi connectivity index (χ4v) is 3.43. The molecule has 0 atom stereocenters. The fraction of sp³-hybridized carbons (Fsp3) is 0.538. The molecule has 6 nitrogen and oxygen atoms in total. The summed E-state index contributed by atoms with van der Waals surface area (Å²) in [5.74, 6) is 0. The van der Waals surface area contributed by atoms with Crippen molar-refractivity contribution in [3.05, 3.63) is 34.4 Å². The first-order chi connectivity index (χ1) is 9.89. The molecular weight excluding hydrogens is 360 g/mol. The van der Waals surface area contributed by atoms with E-state index < -0.39 is 14.9 Å². The van der Waals surface area contributed by atoms with E-state index >= 15 is 0 Å². The number of unbranched alkanes of at least 4 members (excludes halogenated alkanes) is 3. The summed E-state index contributed by atoms with van der Waals surface area (Å²) in [5, 5.41) is 11.5. The Labute approximate surface area is 133 Å². The van der Waals surface area contributed by atoms with Crippen molar-refractivity contribution in [3.8, 4) is 0 Å². The number of benzene rings is 1. The van der Waals surface area contributed by atoms with Crippen LogP contribution in [0.5, 0.6) is 0 Å². The molecule has 0 heterocycles. The summed E-state index contributed by atoms with van der Waals surface area (Å²) in [6, 6.07) is 4.96. The summed E-state index contributed by atoms with van der Waals surface area (Å²) in [5.41, 5.74) is -0.119. The maximum absolute atomic E-state index is 12.3. The summed E-state index contributed by atoms with van der Waals surface area (Å²) in [6.45, 7) is 0.446. The van der Waals surface area contributed by atoms with E-state index in [0.29, 0.717) is 6.54 Å². The molecule has 8 heteroatoms. The Kier molecular flexibility index (Phi) is 7.27. The Hall–Kier alpha value is -0.990. The average molecular weight is 379 g/mol. The molecule has 0 fully saturated rings. The van der Waals surface area contributed by atoms with Crippen LogP contribution in [-0.2, 0) is 10.0 Å². The van der Waals surface area contributed by atoms with E-state index in [9.17, 15) is 18.5 Å². The third-order valence-electron chi connectivity index (χ3n) is 3.11. The van der Waals surface area contributed by atoms with Gasteiger partial charge in [0.2, 0.25) is 10.0 Å². The van der Waals surface area contributed by atoms with Gasteiger partial charge in [-0.1, -0.05) is 28.8 Å². The normalized spacial score (nSPS) is 11.8. The van der Waals surface area contributed by atoms with Crippen molar-refractivity contribution in [2.75, 3.05) is 18.9 Å². The van der Waals surface area contributed by atoms with Crippen molar-refractivity contribution in [1.29, 1.82) is 0 Å². The van der Waals surface area contributed by atoms with E-state index in [2.05, 4.69) is 15.9 Å². The van der Waals surface area contributed by atoms with E-state index in [-0.39, 0.29) is 10.6 Å². The highest BCUT2D eigenvalue weighted by Gasteiger charge is 2.21. The molecule has 0 spiro atoms. The van der Waals surface area contributed by atoms with Gasteiger partial charge in [0, 0.05) is 31.1 Å². The standard InChI is InChI=1S/C13H19BrN2O4S/c1-15(11-5-3-2-4-10-14)21(19,20)13-8-6-12(7-9-13)16(17)18/h6-9H,2-5,10-11H2,1H3. The highest BCUT2D eigenvalue weighted by molar-refractivity contribution is 9.09. The number of alkyl halides is 1. The van der Waals surface area contributed by atoms with Crippen molar-refractivity contribution < 1.29 is 13.3 Å². The molecule has 0 amide bonds. The lowest BCUT2D eigenvalue weighted by molar-refractivity contribution is -0.384. The van der Waals surface area contributed by atoms with Gasteiger partial charge in [0.05, 0.1) is 9.82 Å². The molecule has 1 rings (SSSR count). The molecule has 0 aromatic heterocycles. The summed E-state index contributed by atoms with van der Waals surface area (Å²) >= 11 is 3.35. The van der Waals surface area contributed by atoms with Gasteiger partial charge in [-0.3, -0.25) is 10.1 Å². The van der Waals surface area contributed by atoms with Gasteiger partial charge in [-0.05, 0) is 25.0 Å². The number of nitrogens with zero attached hydrogens (tertiary/aromatic N) is 2. The quantitative estimate of drug-likeness (QED) is 0.286. The molecule has 0 radical (unpaired) electrons. The first kappa shape index (κ1) is 18.1. The van der Waals surface area contributed by atoms with Crippen LogP contribution in [0.15, 0.2) is 29.2 Å². The maximum atomic E-state index is 12.3. The zero-order valence-electron chi connectivity index (χ0n) is 11.9. The summed E-state index contributed by atoms with van der Waals surface area (Å²) in [7, 11) is -2.04. The first-order valence-electron chi connectivity index (χ1n) is 6.66. The van der Waals surface area contributed by atoms with Crippen LogP contribution < -0.4 is 0 Å². The number of nitro groups is 1. The molecule has 1 aromatic rings. The second-order valence-electron chi connectivity index (χ2n) is 4.68. The predicted molar refractivity (Wildman–Crippen MR) is 85.2 cm³/mol. The lowest BCUT2D eigenvalue weighted by atomic mass is 10.2. The second kappa shape index (κ2) is 8.45. The number of hydrogen-bond acceptors (Lipinski definition) is 4. The van der Waals surface area contributed by atoms with Gasteiger partial charge in [-0.25, -0.2) is 12.7 Å². The van der Waals surface area contributed by atoms with Gasteiger partial charge in [0.1, 0.15) is 0 Å². The number of rotatable bonds is 9. The van der Waals surface area contributed by atoms with Gasteiger partial charge >= 0.3 is 0 Å². The van der Waals surface area contributed by atoms with E-state index in [0.717, 1.165) is 31.0 Å². The number of halogens is 1. The van der Waals surface area contributed by atoms with Crippen LogP contribution in [0.3, 0.4) is 0 Å². The van der Waals surface area contributed by atoms with Gasteiger partial charge in [-0.2, -0.15) is 0 Å². The second-order valence-corrected chi connectivity index (χ2v) is 7.52. The molecule has 0 bridgehead atoms. The van der Waals surface area contributed by atoms with Crippen molar-refractivity contribution in [3.63, 3.8) is 0 Å². The zero-order valence-corrected chi connectivity index (χ0v) is 14.3. The molecule has 21 heavy (non-hydrogen) atoms. The highest BCUT2D eigenvalue weighted by Crippen LogP contribution is 2.19. The topological polar surface area (TPSA) is 80.5 Å². The van der Waals surface area contributed by atoms with Crippen LogP contribution in [0.4, 0.5) is 5.69 Å². The molecular formula is C13H19BrN2O4S. The van der Waals surface area contributed by atoms with Crippen molar-refractivity contribution in [2.24, 2.45) is 0 Å². The third-order valence-corrected chi connectivity index (χ3v) is 5.54. The first-order valence-corrected chi connectivity index (χ1v) is 9.22. The van der Waals surface area contributed by atoms with E-state index in [4.69, 9.17) is 0 Å². The monoisotopic (exact) mass is 378 g/mol. The van der Waals surface area contributed by atoms with Crippen molar-refractivity contribution in [2.45, 2.75) is 30.6 Å². The molecule has 1 aromatic carbocycles. The summed E-state index contributed by atoms with van der Waals surface area (Å²) in [4.78, 5) is 10.1. The highest BCUT2D eigenvalue weighted by atomic mass is 79.9. The summed E-state index contributed by atoms with van der Waals surface area (Å²) < 4.78 is 25.9. The minimum Gasteiger partial charge on any atom is -0.258 e. The molecule has 0 aliphatic heterocycles. The zero-order chi connectivity index (χ0) is 15.9. The van der Waals surface area contributed by atoms with Crippen molar-refractivity contribution >= 4 is 31.6 Å². The SMILES string of the molecule is CN(CCCCCCBr)S(=O)(=O)c1ccc([N+](=O)[O-])cc1. The van der Waals surface area contributed by atoms with E-state index in [1.54, 1.807) is 0 Å². The van der Waals surface area contributed by atoms with Gasteiger partial charge in [-0.15, -0.1) is 0 Å². The molecule has 0 saturated heterocycles. The third kappa shape index (κ3) is 5.37. The minimum atomic E-state index is -3.57. The minimum absolute atomic E-state index is 0.0797. The van der Waals surface area contributed by atoms with Crippen LogP contribution in [0.2, 0.25) is 0 Å². The van der Waals surface area contributed by atoms with Crippen LogP contribution in [0, 0.1) is 10.1 Å². The van der Waals surface area contributed by atoms with Crippen LogP contribution >= 0.6 is 15.9 Å². The smallest absolute Gasteiger partial charge is 0.258 e. The Balaban J connectivity index is 2.64. The van der Waals surface area contributed by atoms with Crippen LogP contribution in [-0.4, -0.2) is 36.6 Å². The van der Waals surface area contributed by atoms with E-state index in [1.807, 2.05) is 0 Å². The number of nitro benzene ring substituents is 1. The molecule has 118 valence electrons. The maximum Gasteiger partial charge on any atom is 0.269 e. The fourth-order valence-electron chi connectivity index (χ4n) is 1.82. The largest absolute Gasteiger partial charge is 0.269 e. The molecule has 0 unspecified atom stereocenters. The van der Waals surface area contributed by atoms with Crippen molar-refractivity contribution in [1.82, 2.24) is 4.31 Å². The Morgan fingerprint density at radius 2 is 1.71 bits per heavy atom. The molecule has 0 aliphatic rings. The molecule has 0 saturated carbocycles. The summed E-state index contributed by atoms with van der Waals surface area (Å²) in [6.07, 6.45) is 3.93. The van der Waals surface area contributed by atoms with E-state index in [1.165, 1.54) is 35.6 Å².